The van der Waals surface area contributed by atoms with Gasteiger partial charge in [-0.3, -0.25) is 4.79 Å². The van der Waals surface area contributed by atoms with Crippen LogP contribution in [0.4, 0.5) is 4.79 Å². The van der Waals surface area contributed by atoms with Crippen LogP contribution in [0.1, 0.15) is 73.1 Å². The number of carbonyl (C=O) groups is 2. The van der Waals surface area contributed by atoms with Crippen molar-refractivity contribution in [3.05, 3.63) is 0 Å². The molecule has 2 amide bonds. The van der Waals surface area contributed by atoms with Gasteiger partial charge in [0.15, 0.2) is 0 Å². The monoisotopic (exact) mass is 515 g/mol. The van der Waals surface area contributed by atoms with E-state index in [1.165, 1.54) is 0 Å². The van der Waals surface area contributed by atoms with Crippen molar-refractivity contribution in [2.24, 2.45) is 17.8 Å². The van der Waals surface area contributed by atoms with Gasteiger partial charge in [0.05, 0.1) is 30.9 Å². The first kappa shape index (κ1) is 28.2. The van der Waals surface area contributed by atoms with Crippen LogP contribution in [0.15, 0.2) is 0 Å². The fraction of sp³-hybridized carbons (Fsp3) is 0.920. The summed E-state index contributed by atoms with van der Waals surface area (Å²) in [4.78, 5) is 29.1. The lowest BCUT2D eigenvalue weighted by atomic mass is 9.80. The summed E-state index contributed by atoms with van der Waals surface area (Å²) in [6, 6.07) is -0.735. The fourth-order valence-electron chi connectivity index (χ4n) is 5.45. The maximum Gasteiger partial charge on any atom is 0.410 e. The highest BCUT2D eigenvalue weighted by atomic mass is 32.2. The second-order valence-corrected chi connectivity index (χ2v) is 13.7. The molecule has 3 fully saturated rings. The van der Waals surface area contributed by atoms with Gasteiger partial charge < -0.3 is 19.3 Å². The molecule has 2 saturated heterocycles. The normalized spacial score (nSPS) is 28.7. The maximum atomic E-state index is 13.4. The number of sulfonamides is 1. The van der Waals surface area contributed by atoms with Crippen molar-refractivity contribution in [3.63, 3.8) is 0 Å². The van der Waals surface area contributed by atoms with Gasteiger partial charge in [-0.05, 0) is 71.1 Å². The molecule has 35 heavy (non-hydrogen) atoms. The number of hydrogen-bond donors (Lipinski definition) is 1. The van der Waals surface area contributed by atoms with Crippen LogP contribution in [-0.4, -0.2) is 86.5 Å². The van der Waals surface area contributed by atoms with Crippen LogP contribution >= 0.6 is 0 Å². The molecule has 10 heteroatoms. The first-order chi connectivity index (χ1) is 16.2. The summed E-state index contributed by atoms with van der Waals surface area (Å²) in [5.41, 5.74) is -0.583. The SMILES string of the molecule is CC(C)C1CCC(OC[C@H]2[C@@H](NS(C)(=O)=O)CCCN2C(=O)C2CN(C(=O)OC(C)(C)C)C2)CC1. The summed E-state index contributed by atoms with van der Waals surface area (Å²) in [6.07, 6.45) is 6.57. The minimum atomic E-state index is -3.43. The maximum absolute atomic E-state index is 13.4. The largest absolute Gasteiger partial charge is 0.444 e. The quantitative estimate of drug-likeness (QED) is 0.559. The van der Waals surface area contributed by atoms with Gasteiger partial charge in [0.2, 0.25) is 15.9 Å². The highest BCUT2D eigenvalue weighted by molar-refractivity contribution is 7.88. The van der Waals surface area contributed by atoms with Gasteiger partial charge in [-0.2, -0.15) is 0 Å². The minimum Gasteiger partial charge on any atom is -0.444 e. The number of nitrogens with one attached hydrogen (secondary N) is 1. The number of amides is 2. The Kier molecular flexibility index (Phi) is 9.13. The second kappa shape index (κ2) is 11.3. The summed E-state index contributed by atoms with van der Waals surface area (Å²) < 4.78 is 38.5. The summed E-state index contributed by atoms with van der Waals surface area (Å²) >= 11 is 0. The molecule has 9 nitrogen and oxygen atoms in total. The van der Waals surface area contributed by atoms with Gasteiger partial charge in [-0.25, -0.2) is 17.9 Å². The number of ether oxygens (including phenoxy) is 2. The fourth-order valence-corrected chi connectivity index (χ4v) is 6.28. The van der Waals surface area contributed by atoms with Crippen molar-refractivity contribution in [2.75, 3.05) is 32.5 Å². The van der Waals surface area contributed by atoms with Crippen molar-refractivity contribution >= 4 is 22.0 Å². The van der Waals surface area contributed by atoms with E-state index in [-0.39, 0.29) is 30.0 Å². The summed E-state index contributed by atoms with van der Waals surface area (Å²) in [7, 11) is -3.43. The molecule has 2 aliphatic heterocycles. The molecule has 1 saturated carbocycles. The van der Waals surface area contributed by atoms with E-state index < -0.39 is 21.7 Å². The predicted octanol–water partition coefficient (Wildman–Crippen LogP) is 2.99. The molecule has 202 valence electrons. The number of nitrogens with zero attached hydrogens (tertiary/aromatic N) is 2. The van der Waals surface area contributed by atoms with E-state index in [2.05, 4.69) is 18.6 Å². The molecule has 0 unspecified atom stereocenters. The van der Waals surface area contributed by atoms with Gasteiger partial charge >= 0.3 is 6.09 Å². The third-order valence-electron chi connectivity index (χ3n) is 7.47. The zero-order chi connectivity index (χ0) is 26.0. The summed E-state index contributed by atoms with van der Waals surface area (Å²) in [5.74, 6) is 1.06. The lowest BCUT2D eigenvalue weighted by Crippen LogP contribution is -2.64. The Bertz CT molecular complexity index is 842. The van der Waals surface area contributed by atoms with Gasteiger partial charge in [0.25, 0.3) is 0 Å². The summed E-state index contributed by atoms with van der Waals surface area (Å²) in [6.45, 7) is 11.5. The average Bonchev–Trinajstić information content (AvgIpc) is 2.69. The minimum absolute atomic E-state index is 0.0399. The molecule has 1 aliphatic carbocycles. The number of hydrogen-bond acceptors (Lipinski definition) is 6. The highest BCUT2D eigenvalue weighted by Gasteiger charge is 2.44. The lowest BCUT2D eigenvalue weighted by molar-refractivity contribution is -0.148. The first-order valence-corrected chi connectivity index (χ1v) is 15.0. The van der Waals surface area contributed by atoms with Crippen LogP contribution in [0.3, 0.4) is 0 Å². The van der Waals surface area contributed by atoms with Crippen molar-refractivity contribution < 1.29 is 27.5 Å². The Morgan fingerprint density at radius 2 is 1.69 bits per heavy atom. The van der Waals surface area contributed by atoms with Crippen LogP contribution in [0.25, 0.3) is 0 Å². The van der Waals surface area contributed by atoms with Crippen molar-refractivity contribution in [3.8, 4) is 0 Å². The molecule has 0 spiro atoms. The predicted molar refractivity (Wildman–Crippen MR) is 134 cm³/mol. The Morgan fingerprint density at radius 1 is 1.06 bits per heavy atom. The Morgan fingerprint density at radius 3 is 2.23 bits per heavy atom. The second-order valence-electron chi connectivity index (χ2n) is 11.9. The molecular weight excluding hydrogens is 470 g/mol. The number of rotatable bonds is 7. The standard InChI is InChI=1S/C25H45N3O6S/c1-17(2)18-9-11-20(12-10-18)33-16-22-21(26-35(6,31)32)8-7-13-28(22)23(29)19-14-27(15-19)24(30)34-25(3,4)5/h17-22,26H,7-16H2,1-6H3/t18?,20?,21-,22-/m0/s1. The van der Waals surface area contributed by atoms with Gasteiger partial charge in [-0.1, -0.05) is 13.8 Å². The summed E-state index contributed by atoms with van der Waals surface area (Å²) in [5, 5.41) is 0. The average molecular weight is 516 g/mol. The van der Waals surface area contributed by atoms with Crippen LogP contribution < -0.4 is 4.72 Å². The first-order valence-electron chi connectivity index (χ1n) is 13.1. The van der Waals surface area contributed by atoms with E-state index in [0.29, 0.717) is 38.6 Å². The smallest absolute Gasteiger partial charge is 0.410 e. The van der Waals surface area contributed by atoms with Gasteiger partial charge in [0, 0.05) is 25.7 Å². The van der Waals surface area contributed by atoms with Crippen LogP contribution in [0.2, 0.25) is 0 Å². The number of carbonyl (C=O) groups excluding carboxylic acids is 2. The topological polar surface area (TPSA) is 105 Å². The molecule has 2 heterocycles. The number of likely N-dealkylation sites (tertiary alicyclic amines) is 2. The Balaban J connectivity index is 1.62. The molecule has 0 aromatic carbocycles. The Hall–Kier alpha value is -1.39. The molecule has 2 atom stereocenters. The zero-order valence-electron chi connectivity index (χ0n) is 22.3. The van der Waals surface area contributed by atoms with E-state index in [0.717, 1.165) is 44.3 Å². The molecule has 3 rings (SSSR count). The third-order valence-corrected chi connectivity index (χ3v) is 8.21. The molecule has 0 aromatic rings. The van der Waals surface area contributed by atoms with Gasteiger partial charge in [0.1, 0.15) is 5.60 Å². The van der Waals surface area contributed by atoms with E-state index >= 15 is 0 Å². The molecule has 0 radical (unpaired) electrons. The molecule has 3 aliphatic rings. The third kappa shape index (κ3) is 8.05. The molecule has 0 aromatic heterocycles. The van der Waals surface area contributed by atoms with Crippen LogP contribution in [0, 0.1) is 17.8 Å². The van der Waals surface area contributed by atoms with Crippen molar-refractivity contribution in [1.82, 2.24) is 14.5 Å². The molecule has 0 bridgehead atoms. The van der Waals surface area contributed by atoms with E-state index in [4.69, 9.17) is 9.47 Å². The van der Waals surface area contributed by atoms with Crippen molar-refractivity contribution in [1.29, 1.82) is 0 Å². The van der Waals surface area contributed by atoms with Crippen LogP contribution in [0.5, 0.6) is 0 Å². The van der Waals surface area contributed by atoms with Crippen molar-refractivity contribution in [2.45, 2.75) is 96.9 Å². The van der Waals surface area contributed by atoms with E-state index in [1.807, 2.05) is 20.8 Å². The van der Waals surface area contributed by atoms with E-state index in [1.54, 1.807) is 9.80 Å². The molecule has 1 N–H and O–H groups in total. The zero-order valence-corrected chi connectivity index (χ0v) is 23.1. The highest BCUT2D eigenvalue weighted by Crippen LogP contribution is 2.32. The lowest BCUT2D eigenvalue weighted by Gasteiger charge is -2.46. The Labute approximate surface area is 211 Å². The molecular formula is C25H45N3O6S. The van der Waals surface area contributed by atoms with Crippen LogP contribution in [-0.2, 0) is 24.3 Å². The van der Waals surface area contributed by atoms with Gasteiger partial charge in [-0.15, -0.1) is 0 Å². The van der Waals surface area contributed by atoms with E-state index in [9.17, 15) is 18.0 Å². The number of piperidine rings is 1.